The molecule has 21 heavy (non-hydrogen) atoms. The topological polar surface area (TPSA) is 95.6 Å². The summed E-state index contributed by atoms with van der Waals surface area (Å²) >= 11 is 0. The van der Waals surface area contributed by atoms with E-state index >= 15 is 0 Å². The molecule has 0 aliphatic heterocycles. The summed E-state index contributed by atoms with van der Waals surface area (Å²) in [5, 5.41) is 11.2. The van der Waals surface area contributed by atoms with E-state index in [0.29, 0.717) is 11.5 Å². The Morgan fingerprint density at radius 1 is 1.14 bits per heavy atom. The first-order chi connectivity index (χ1) is 10.1. The second kappa shape index (κ2) is 5.26. The third kappa shape index (κ3) is 2.78. The molecule has 0 spiro atoms. The highest BCUT2D eigenvalue weighted by molar-refractivity contribution is 8.13. The van der Waals surface area contributed by atoms with E-state index in [1.165, 1.54) is 21.9 Å². The van der Waals surface area contributed by atoms with E-state index in [9.17, 15) is 8.42 Å². The van der Waals surface area contributed by atoms with Crippen LogP contribution in [-0.2, 0) is 15.6 Å². The van der Waals surface area contributed by atoms with E-state index in [1.807, 2.05) is 6.07 Å². The molecule has 1 aromatic carbocycles. The average molecular weight is 325 g/mol. The summed E-state index contributed by atoms with van der Waals surface area (Å²) in [7, 11) is 1.40. The zero-order valence-electron chi connectivity index (χ0n) is 10.5. The Morgan fingerprint density at radius 2 is 1.90 bits per heavy atom. The maximum atomic E-state index is 11.7. The summed E-state index contributed by atoms with van der Waals surface area (Å²) in [5.74, 6) is 0.380. The summed E-state index contributed by atoms with van der Waals surface area (Å²) in [5.41, 5.74) is 0.594. The van der Waals surface area contributed by atoms with Gasteiger partial charge in [0.15, 0.2) is 5.82 Å². The normalized spacial score (nSPS) is 11.7. The molecule has 3 aromatic rings. The van der Waals surface area contributed by atoms with E-state index < -0.39 is 9.05 Å². The molecule has 0 aliphatic rings. The number of hydrogen-bond donors (Lipinski definition) is 0. The maximum Gasteiger partial charge on any atom is 0.297 e. The van der Waals surface area contributed by atoms with Gasteiger partial charge in [0, 0.05) is 16.4 Å². The van der Waals surface area contributed by atoms with E-state index in [1.54, 1.807) is 24.3 Å². The van der Waals surface area contributed by atoms with Crippen molar-refractivity contribution in [1.29, 1.82) is 0 Å². The minimum Gasteiger partial charge on any atom is -0.267 e. The van der Waals surface area contributed by atoms with Gasteiger partial charge in [0.25, 0.3) is 14.2 Å². The fraction of sp³-hybridized carbons (Fsp3) is 0.0909. The number of hydrogen-bond acceptors (Lipinski definition) is 6. The Hall–Kier alpha value is -2.26. The van der Waals surface area contributed by atoms with Crippen molar-refractivity contribution < 1.29 is 8.42 Å². The van der Waals surface area contributed by atoms with Crippen LogP contribution in [0.2, 0.25) is 0 Å². The molecule has 108 valence electrons. The Kier molecular flexibility index (Phi) is 3.43. The van der Waals surface area contributed by atoms with Crippen LogP contribution in [0.15, 0.2) is 48.1 Å². The highest BCUT2D eigenvalue weighted by Gasteiger charge is 2.23. The standard InChI is InChI=1S/C11H9ClN6O2S/c12-21(19,20)11-16-15-10(6-17-8-13-7-14-17)18(11)9-4-2-1-3-5-9/h1-5,7-8H,6H2. The largest absolute Gasteiger partial charge is 0.297 e. The number of benzene rings is 1. The van der Waals surface area contributed by atoms with Crippen LogP contribution in [0.1, 0.15) is 5.82 Å². The van der Waals surface area contributed by atoms with Gasteiger partial charge >= 0.3 is 0 Å². The van der Waals surface area contributed by atoms with E-state index in [0.717, 1.165) is 0 Å². The van der Waals surface area contributed by atoms with Crippen molar-refractivity contribution in [2.24, 2.45) is 0 Å². The summed E-state index contributed by atoms with van der Waals surface area (Å²) in [6.45, 7) is 0.217. The lowest BCUT2D eigenvalue weighted by molar-refractivity contribution is 0.594. The molecule has 0 atom stereocenters. The van der Waals surface area contributed by atoms with Crippen molar-refractivity contribution in [3.8, 4) is 5.69 Å². The molecule has 2 aromatic heterocycles. The van der Waals surface area contributed by atoms with Gasteiger partial charge in [0.2, 0.25) is 0 Å². The fourth-order valence-electron chi connectivity index (χ4n) is 1.86. The number of rotatable bonds is 4. The van der Waals surface area contributed by atoms with Gasteiger partial charge in [-0.2, -0.15) is 5.10 Å². The number of aromatic nitrogens is 6. The maximum absolute atomic E-state index is 11.7. The van der Waals surface area contributed by atoms with Gasteiger partial charge in [-0.25, -0.2) is 18.1 Å². The lowest BCUT2D eigenvalue weighted by Gasteiger charge is -2.08. The van der Waals surface area contributed by atoms with Crippen molar-refractivity contribution in [2.45, 2.75) is 11.7 Å². The highest BCUT2D eigenvalue weighted by Crippen LogP contribution is 2.20. The first kappa shape index (κ1) is 13.7. The Balaban J connectivity index is 2.15. The van der Waals surface area contributed by atoms with Gasteiger partial charge in [-0.3, -0.25) is 4.57 Å². The third-order valence-corrected chi connectivity index (χ3v) is 3.82. The van der Waals surface area contributed by atoms with Crippen LogP contribution >= 0.6 is 10.7 Å². The molecular weight excluding hydrogens is 316 g/mol. The first-order valence-electron chi connectivity index (χ1n) is 5.82. The van der Waals surface area contributed by atoms with Crippen LogP contribution in [0, 0.1) is 0 Å². The van der Waals surface area contributed by atoms with Gasteiger partial charge < -0.3 is 0 Å². The summed E-state index contributed by atoms with van der Waals surface area (Å²) < 4.78 is 26.2. The molecule has 0 fully saturated rings. The molecule has 0 aliphatic carbocycles. The SMILES string of the molecule is O=S(=O)(Cl)c1nnc(Cn2cncn2)n1-c1ccccc1. The Labute approximate surface area is 124 Å². The first-order valence-corrected chi connectivity index (χ1v) is 8.13. The molecule has 0 bridgehead atoms. The molecular formula is C11H9ClN6O2S. The molecule has 0 N–H and O–H groups in total. The van der Waals surface area contributed by atoms with E-state index in [-0.39, 0.29) is 11.7 Å². The lowest BCUT2D eigenvalue weighted by atomic mass is 10.3. The fourth-order valence-corrected chi connectivity index (χ4v) is 2.72. The van der Waals surface area contributed by atoms with Gasteiger partial charge in [0.05, 0.1) is 0 Å². The van der Waals surface area contributed by atoms with Crippen molar-refractivity contribution in [3.05, 3.63) is 48.8 Å². The second-order valence-corrected chi connectivity index (χ2v) is 6.56. The zero-order chi connectivity index (χ0) is 14.9. The summed E-state index contributed by atoms with van der Waals surface area (Å²) in [6, 6.07) is 8.85. The molecule has 0 amide bonds. The average Bonchev–Trinajstić information content (AvgIpc) is 3.09. The van der Waals surface area contributed by atoms with Gasteiger partial charge in [0.1, 0.15) is 19.2 Å². The highest BCUT2D eigenvalue weighted by atomic mass is 35.7. The van der Waals surface area contributed by atoms with Gasteiger partial charge in [-0.1, -0.05) is 18.2 Å². The van der Waals surface area contributed by atoms with Gasteiger partial charge in [-0.05, 0) is 12.1 Å². The minimum absolute atomic E-state index is 0.217. The van der Waals surface area contributed by atoms with Crippen molar-refractivity contribution >= 4 is 19.7 Å². The molecule has 2 heterocycles. The van der Waals surface area contributed by atoms with Crippen LogP contribution < -0.4 is 0 Å². The Morgan fingerprint density at radius 3 is 2.52 bits per heavy atom. The predicted molar refractivity (Wildman–Crippen MR) is 73.5 cm³/mol. The van der Waals surface area contributed by atoms with Crippen molar-refractivity contribution in [2.75, 3.05) is 0 Å². The van der Waals surface area contributed by atoms with Crippen LogP contribution in [0.5, 0.6) is 0 Å². The molecule has 0 radical (unpaired) electrons. The molecule has 8 nitrogen and oxygen atoms in total. The minimum atomic E-state index is -4.02. The number of halogens is 1. The molecule has 0 saturated heterocycles. The smallest absolute Gasteiger partial charge is 0.267 e. The molecule has 10 heteroatoms. The zero-order valence-corrected chi connectivity index (χ0v) is 12.1. The van der Waals surface area contributed by atoms with Crippen molar-refractivity contribution in [1.82, 2.24) is 29.5 Å². The van der Waals surface area contributed by atoms with E-state index in [2.05, 4.69) is 20.3 Å². The van der Waals surface area contributed by atoms with Crippen LogP contribution in [0.25, 0.3) is 5.69 Å². The van der Waals surface area contributed by atoms with Crippen LogP contribution in [-0.4, -0.2) is 37.9 Å². The monoisotopic (exact) mass is 324 g/mol. The number of para-hydroxylation sites is 1. The predicted octanol–water partition coefficient (Wildman–Crippen LogP) is 0.835. The summed E-state index contributed by atoms with van der Waals surface area (Å²) in [4.78, 5) is 3.83. The second-order valence-electron chi connectivity index (χ2n) is 4.10. The number of nitrogens with zero attached hydrogens (tertiary/aromatic N) is 6. The van der Waals surface area contributed by atoms with Crippen LogP contribution in [0.4, 0.5) is 0 Å². The molecule has 3 rings (SSSR count). The molecule has 0 saturated carbocycles. The van der Waals surface area contributed by atoms with Gasteiger partial charge in [-0.15, -0.1) is 10.2 Å². The quantitative estimate of drug-likeness (QED) is 0.660. The molecule has 0 unspecified atom stereocenters. The summed E-state index contributed by atoms with van der Waals surface area (Å²) in [6.07, 6.45) is 2.88. The third-order valence-electron chi connectivity index (χ3n) is 2.70. The van der Waals surface area contributed by atoms with Crippen molar-refractivity contribution in [3.63, 3.8) is 0 Å². The lowest BCUT2D eigenvalue weighted by Crippen LogP contribution is -2.11. The van der Waals surface area contributed by atoms with E-state index in [4.69, 9.17) is 10.7 Å². The Bertz CT molecular complexity index is 844. The van der Waals surface area contributed by atoms with Crippen LogP contribution in [0.3, 0.4) is 0 Å².